The largest absolute Gasteiger partial charge is 0.462 e. The summed E-state index contributed by atoms with van der Waals surface area (Å²) in [6.07, 6.45) is 1.84. The molecule has 2 saturated heterocycles. The molecule has 4 aliphatic rings. The fourth-order valence-corrected chi connectivity index (χ4v) is 4.46. The van der Waals surface area contributed by atoms with Crippen molar-refractivity contribution in [2.45, 2.75) is 77.0 Å². The fourth-order valence-electron chi connectivity index (χ4n) is 4.46. The summed E-state index contributed by atoms with van der Waals surface area (Å²) < 4.78 is 21.9. The number of rotatable bonds is 6. The summed E-state index contributed by atoms with van der Waals surface area (Å²) in [5.41, 5.74) is -0.289. The molecule has 0 amide bonds. The van der Waals surface area contributed by atoms with Gasteiger partial charge < -0.3 is 18.9 Å². The molecule has 4 fully saturated rings. The van der Waals surface area contributed by atoms with Crippen molar-refractivity contribution in [3.05, 3.63) is 12.2 Å². The van der Waals surface area contributed by atoms with Gasteiger partial charge in [-0.2, -0.15) is 0 Å². The number of carbonyl (C=O) groups excluding carboxylic acids is 3. The first-order valence-corrected chi connectivity index (χ1v) is 9.13. The molecule has 0 aromatic heterocycles. The molecule has 144 valence electrons. The van der Waals surface area contributed by atoms with E-state index in [1.165, 1.54) is 13.8 Å². The van der Waals surface area contributed by atoms with Gasteiger partial charge in [0.1, 0.15) is 6.10 Å². The van der Waals surface area contributed by atoms with Crippen LogP contribution in [0.3, 0.4) is 0 Å². The van der Waals surface area contributed by atoms with E-state index in [2.05, 4.69) is 6.58 Å². The minimum atomic E-state index is -1.05. The number of hydrogen-bond acceptors (Lipinski definition) is 7. The second-order valence-corrected chi connectivity index (χ2v) is 7.84. The van der Waals surface area contributed by atoms with Crippen LogP contribution in [0.15, 0.2) is 12.2 Å². The van der Waals surface area contributed by atoms with E-state index in [0.29, 0.717) is 18.8 Å². The lowest BCUT2D eigenvalue weighted by Crippen LogP contribution is -2.49. The number of fused-ring (bicyclic) bond motifs is 1. The molecule has 0 aromatic carbocycles. The summed E-state index contributed by atoms with van der Waals surface area (Å²) in [6.45, 7) is 8.06. The molecule has 4 rings (SSSR count). The summed E-state index contributed by atoms with van der Waals surface area (Å²) in [6, 6.07) is 0. The average molecular weight is 366 g/mol. The molecule has 26 heavy (non-hydrogen) atoms. The molecule has 0 aromatic rings. The highest BCUT2D eigenvalue weighted by atomic mass is 16.7. The van der Waals surface area contributed by atoms with E-state index >= 15 is 0 Å². The lowest BCUT2D eigenvalue weighted by molar-refractivity contribution is -0.234. The SMILES string of the molecule is C=C(C)C(=O)OC(C)C(=O)OC(C)OC12CC3CC(C1)OC(=O)C(C3)C2. The topological polar surface area (TPSA) is 88.1 Å². The van der Waals surface area contributed by atoms with Crippen molar-refractivity contribution in [3.63, 3.8) is 0 Å². The zero-order valence-corrected chi connectivity index (χ0v) is 15.5. The highest BCUT2D eigenvalue weighted by Crippen LogP contribution is 2.51. The van der Waals surface area contributed by atoms with E-state index in [9.17, 15) is 14.4 Å². The van der Waals surface area contributed by atoms with Gasteiger partial charge in [-0.25, -0.2) is 9.59 Å². The van der Waals surface area contributed by atoms with Gasteiger partial charge in [0.15, 0.2) is 6.10 Å². The van der Waals surface area contributed by atoms with Gasteiger partial charge in [-0.05, 0) is 52.4 Å². The van der Waals surface area contributed by atoms with Crippen molar-refractivity contribution >= 4 is 17.9 Å². The molecular weight excluding hydrogens is 340 g/mol. The van der Waals surface area contributed by atoms with Gasteiger partial charge in [0.25, 0.3) is 0 Å². The van der Waals surface area contributed by atoms with Crippen LogP contribution in [0.4, 0.5) is 0 Å². The Morgan fingerprint density at radius 2 is 1.92 bits per heavy atom. The van der Waals surface area contributed by atoms with E-state index in [1.54, 1.807) is 6.92 Å². The molecule has 2 heterocycles. The third kappa shape index (κ3) is 3.92. The van der Waals surface area contributed by atoms with Crippen LogP contribution in [0.2, 0.25) is 0 Å². The van der Waals surface area contributed by atoms with Crippen molar-refractivity contribution < 1.29 is 33.3 Å². The third-order valence-electron chi connectivity index (χ3n) is 5.37. The first kappa shape index (κ1) is 18.9. The van der Waals surface area contributed by atoms with Crippen LogP contribution >= 0.6 is 0 Å². The van der Waals surface area contributed by atoms with Crippen molar-refractivity contribution in [1.29, 1.82) is 0 Å². The molecule has 7 heteroatoms. The lowest BCUT2D eigenvalue weighted by atomic mass is 9.65. The van der Waals surface area contributed by atoms with Gasteiger partial charge in [-0.1, -0.05) is 6.58 Å². The smallest absolute Gasteiger partial charge is 0.349 e. The van der Waals surface area contributed by atoms with Gasteiger partial charge in [0, 0.05) is 12.0 Å². The zero-order valence-electron chi connectivity index (χ0n) is 15.5. The molecule has 0 spiro atoms. The molecule has 4 bridgehead atoms. The van der Waals surface area contributed by atoms with Gasteiger partial charge >= 0.3 is 17.9 Å². The first-order valence-electron chi connectivity index (χ1n) is 9.13. The van der Waals surface area contributed by atoms with Crippen molar-refractivity contribution in [2.24, 2.45) is 11.8 Å². The summed E-state index contributed by atoms with van der Waals surface area (Å²) >= 11 is 0. The van der Waals surface area contributed by atoms with Crippen LogP contribution in [0.1, 0.15) is 52.9 Å². The van der Waals surface area contributed by atoms with E-state index in [4.69, 9.17) is 18.9 Å². The molecule has 2 aliphatic heterocycles. The minimum absolute atomic E-state index is 0.118. The maximum absolute atomic E-state index is 12.1. The Morgan fingerprint density at radius 1 is 1.19 bits per heavy atom. The van der Waals surface area contributed by atoms with Crippen LogP contribution in [0, 0.1) is 11.8 Å². The summed E-state index contributed by atoms with van der Waals surface area (Å²) in [5, 5.41) is 0. The van der Waals surface area contributed by atoms with Crippen molar-refractivity contribution in [3.8, 4) is 0 Å². The van der Waals surface area contributed by atoms with Gasteiger partial charge in [0.05, 0.1) is 11.5 Å². The Bertz CT molecular complexity index is 627. The number of carbonyl (C=O) groups is 3. The second-order valence-electron chi connectivity index (χ2n) is 7.84. The van der Waals surface area contributed by atoms with Crippen LogP contribution in [0.5, 0.6) is 0 Å². The molecule has 2 aliphatic carbocycles. The standard InChI is InChI=1S/C19H26O7/c1-10(2)16(20)23-11(3)17(21)24-12(4)26-19-7-13-5-14(8-19)18(22)25-15(6-13)9-19/h11-15H,1,5-9H2,2-4H3. The number of hydrogen-bond donors (Lipinski definition) is 0. The predicted octanol–water partition coefficient (Wildman–Crippen LogP) is 2.27. The van der Waals surface area contributed by atoms with Crippen molar-refractivity contribution in [2.75, 3.05) is 0 Å². The highest BCUT2D eigenvalue weighted by molar-refractivity contribution is 5.89. The molecule has 2 saturated carbocycles. The van der Waals surface area contributed by atoms with Gasteiger partial charge in [-0.3, -0.25) is 4.79 Å². The van der Waals surface area contributed by atoms with E-state index in [0.717, 1.165) is 19.3 Å². The number of ether oxygens (including phenoxy) is 4. The van der Waals surface area contributed by atoms with Crippen LogP contribution < -0.4 is 0 Å². The first-order chi connectivity index (χ1) is 12.2. The Hall–Kier alpha value is -1.89. The average Bonchev–Trinajstić information content (AvgIpc) is 2.68. The van der Waals surface area contributed by atoms with E-state index in [-0.39, 0.29) is 23.6 Å². The molecule has 6 unspecified atom stereocenters. The monoisotopic (exact) mass is 366 g/mol. The van der Waals surface area contributed by atoms with Crippen LogP contribution in [0.25, 0.3) is 0 Å². The molecule has 6 atom stereocenters. The second kappa shape index (κ2) is 7.02. The zero-order chi connectivity index (χ0) is 19.1. The van der Waals surface area contributed by atoms with E-state index < -0.39 is 29.9 Å². The normalized spacial score (nSPS) is 34.4. The summed E-state index contributed by atoms with van der Waals surface area (Å²) in [7, 11) is 0. The summed E-state index contributed by atoms with van der Waals surface area (Å²) in [4.78, 5) is 35.7. The minimum Gasteiger partial charge on any atom is -0.462 e. The Balaban J connectivity index is 1.58. The van der Waals surface area contributed by atoms with Crippen molar-refractivity contribution in [1.82, 2.24) is 0 Å². The number of esters is 3. The molecule has 7 nitrogen and oxygen atoms in total. The molecule has 0 radical (unpaired) electrons. The maximum atomic E-state index is 12.1. The Labute approximate surface area is 153 Å². The maximum Gasteiger partial charge on any atom is 0.349 e. The van der Waals surface area contributed by atoms with E-state index in [1.807, 2.05) is 0 Å². The predicted molar refractivity (Wildman–Crippen MR) is 89.7 cm³/mol. The highest BCUT2D eigenvalue weighted by Gasteiger charge is 2.54. The Morgan fingerprint density at radius 3 is 2.62 bits per heavy atom. The Kier molecular flexibility index (Phi) is 5.10. The molecule has 0 N–H and O–H groups in total. The van der Waals surface area contributed by atoms with Gasteiger partial charge in [-0.15, -0.1) is 0 Å². The quantitative estimate of drug-likeness (QED) is 0.308. The lowest BCUT2D eigenvalue weighted by Gasteiger charge is -2.46. The van der Waals surface area contributed by atoms with Crippen LogP contribution in [-0.4, -0.2) is 42.0 Å². The van der Waals surface area contributed by atoms with Gasteiger partial charge in [0.2, 0.25) is 6.29 Å². The summed E-state index contributed by atoms with van der Waals surface area (Å²) in [5.74, 6) is -1.19. The third-order valence-corrected chi connectivity index (χ3v) is 5.37. The molecular formula is C19H26O7. The van der Waals surface area contributed by atoms with Crippen LogP contribution in [-0.2, 0) is 33.3 Å². The fraction of sp³-hybridized carbons (Fsp3) is 0.737.